The number of ether oxygens (including phenoxy) is 1. The first-order chi connectivity index (χ1) is 9.69. The van der Waals surface area contributed by atoms with Gasteiger partial charge in [0.15, 0.2) is 0 Å². The fourth-order valence-corrected chi connectivity index (χ4v) is 1.77. The summed E-state index contributed by atoms with van der Waals surface area (Å²) in [7, 11) is 0. The summed E-state index contributed by atoms with van der Waals surface area (Å²) in [5, 5.41) is 13.3. The van der Waals surface area contributed by atoms with Crippen LogP contribution in [0.3, 0.4) is 0 Å². The van der Waals surface area contributed by atoms with E-state index in [1.54, 1.807) is 20.8 Å². The molecule has 122 valence electrons. The van der Waals surface area contributed by atoms with Gasteiger partial charge in [0.2, 0.25) is 5.91 Å². The number of rotatable bonds is 7. The van der Waals surface area contributed by atoms with Crippen molar-refractivity contribution >= 4 is 29.7 Å². The van der Waals surface area contributed by atoms with Crippen LogP contribution in [0.5, 0.6) is 0 Å². The van der Waals surface area contributed by atoms with Crippen molar-refractivity contribution in [2.75, 3.05) is 18.6 Å². The van der Waals surface area contributed by atoms with Crippen LogP contribution in [0.15, 0.2) is 0 Å². The predicted molar refractivity (Wildman–Crippen MR) is 79.1 cm³/mol. The van der Waals surface area contributed by atoms with E-state index in [0.717, 1.165) is 0 Å². The fraction of sp³-hybridized carbons (Fsp3) is 0.750. The van der Waals surface area contributed by atoms with Crippen molar-refractivity contribution < 1.29 is 24.3 Å². The molecule has 21 heavy (non-hydrogen) atoms. The van der Waals surface area contributed by atoms with Gasteiger partial charge in [-0.25, -0.2) is 10.3 Å². The molecule has 0 bridgehead atoms. The average molecular weight is 321 g/mol. The van der Waals surface area contributed by atoms with E-state index in [4.69, 9.17) is 9.94 Å². The third-order valence-corrected chi connectivity index (χ3v) is 2.81. The largest absolute Gasteiger partial charge is 0.444 e. The van der Waals surface area contributed by atoms with Gasteiger partial charge in [0.05, 0.1) is 0 Å². The molecule has 0 spiro atoms. The van der Waals surface area contributed by atoms with Gasteiger partial charge in [0, 0.05) is 0 Å². The summed E-state index contributed by atoms with van der Waals surface area (Å²) in [6.45, 7) is 4.80. The van der Waals surface area contributed by atoms with Crippen LogP contribution in [0, 0.1) is 0 Å². The van der Waals surface area contributed by atoms with E-state index in [2.05, 4.69) is 10.6 Å². The Morgan fingerprint density at radius 1 is 1.29 bits per heavy atom. The summed E-state index contributed by atoms with van der Waals surface area (Å²) in [5.74, 6) is -0.608. The maximum absolute atomic E-state index is 11.7. The molecule has 0 rings (SSSR count). The van der Waals surface area contributed by atoms with Gasteiger partial charge in [0.1, 0.15) is 18.2 Å². The standard InChI is InChI=1S/C12H23N3O5S/c1-12(2,3)20-11(18)13-7-9(16)14-8(5-6-21-4)10(17)15-19/h8,19H,5-7H2,1-4H3,(H,13,18)(H,14,16)(H,15,17). The normalized spacial score (nSPS) is 12.2. The second-order valence-electron chi connectivity index (χ2n) is 5.23. The second-order valence-corrected chi connectivity index (χ2v) is 6.22. The quantitative estimate of drug-likeness (QED) is 0.395. The lowest BCUT2D eigenvalue weighted by molar-refractivity contribution is -0.134. The third kappa shape index (κ3) is 9.97. The highest BCUT2D eigenvalue weighted by Gasteiger charge is 2.21. The topological polar surface area (TPSA) is 117 Å². The lowest BCUT2D eigenvalue weighted by Crippen LogP contribution is -2.49. The minimum Gasteiger partial charge on any atom is -0.444 e. The number of hydroxylamine groups is 1. The van der Waals surface area contributed by atoms with Crippen molar-refractivity contribution in [2.24, 2.45) is 0 Å². The molecule has 0 aliphatic carbocycles. The summed E-state index contributed by atoms with van der Waals surface area (Å²) in [5.41, 5.74) is 0.846. The maximum atomic E-state index is 11.7. The van der Waals surface area contributed by atoms with Gasteiger partial charge >= 0.3 is 6.09 Å². The Bertz CT molecular complexity index is 370. The smallest absolute Gasteiger partial charge is 0.408 e. The van der Waals surface area contributed by atoms with Crippen LogP contribution >= 0.6 is 11.8 Å². The molecule has 0 aromatic rings. The monoisotopic (exact) mass is 321 g/mol. The van der Waals surface area contributed by atoms with E-state index >= 15 is 0 Å². The zero-order chi connectivity index (χ0) is 16.5. The van der Waals surface area contributed by atoms with E-state index < -0.39 is 29.6 Å². The molecule has 0 saturated carbocycles. The lowest BCUT2D eigenvalue weighted by Gasteiger charge is -2.20. The Hall–Kier alpha value is -1.48. The van der Waals surface area contributed by atoms with Crippen LogP contribution in [0.25, 0.3) is 0 Å². The first-order valence-electron chi connectivity index (χ1n) is 6.38. The summed E-state index contributed by atoms with van der Waals surface area (Å²) < 4.78 is 4.97. The minimum atomic E-state index is -0.851. The molecular weight excluding hydrogens is 298 g/mol. The van der Waals surface area contributed by atoms with E-state index in [9.17, 15) is 14.4 Å². The second kappa shape index (κ2) is 9.46. The predicted octanol–water partition coefficient (Wildman–Crippen LogP) is 0.254. The number of carbonyl (C=O) groups is 3. The molecule has 1 atom stereocenters. The number of amides is 3. The Labute approximate surface area is 128 Å². The zero-order valence-electron chi connectivity index (χ0n) is 12.7. The van der Waals surface area contributed by atoms with Gasteiger partial charge < -0.3 is 15.4 Å². The molecule has 4 N–H and O–H groups in total. The zero-order valence-corrected chi connectivity index (χ0v) is 13.5. The molecular formula is C12H23N3O5S. The molecule has 9 heteroatoms. The van der Waals surface area contributed by atoms with Gasteiger partial charge in [0.25, 0.3) is 5.91 Å². The van der Waals surface area contributed by atoms with Crippen molar-refractivity contribution in [1.82, 2.24) is 16.1 Å². The molecule has 1 unspecified atom stereocenters. The highest BCUT2D eigenvalue weighted by atomic mass is 32.2. The summed E-state index contributed by atoms with van der Waals surface area (Å²) in [6.07, 6.45) is 1.51. The molecule has 0 aliphatic heterocycles. The van der Waals surface area contributed by atoms with Crippen molar-refractivity contribution in [3.05, 3.63) is 0 Å². The van der Waals surface area contributed by atoms with Crippen molar-refractivity contribution in [2.45, 2.75) is 38.8 Å². The first-order valence-corrected chi connectivity index (χ1v) is 7.78. The van der Waals surface area contributed by atoms with Gasteiger partial charge in [-0.15, -0.1) is 0 Å². The molecule has 0 saturated heterocycles. The maximum Gasteiger partial charge on any atom is 0.408 e. The van der Waals surface area contributed by atoms with Crippen LogP contribution in [0.2, 0.25) is 0 Å². The van der Waals surface area contributed by atoms with E-state index in [-0.39, 0.29) is 6.54 Å². The minimum absolute atomic E-state index is 0.316. The lowest BCUT2D eigenvalue weighted by atomic mass is 10.2. The number of nitrogens with one attached hydrogen (secondary N) is 3. The molecule has 0 heterocycles. The van der Waals surface area contributed by atoms with Gasteiger partial charge in [-0.05, 0) is 39.2 Å². The third-order valence-electron chi connectivity index (χ3n) is 2.16. The SMILES string of the molecule is CSCCC(NC(=O)CNC(=O)OC(C)(C)C)C(=O)NO. The Balaban J connectivity index is 4.25. The molecule has 0 aromatic carbocycles. The molecule has 0 aliphatic rings. The highest BCUT2D eigenvalue weighted by Crippen LogP contribution is 2.06. The highest BCUT2D eigenvalue weighted by molar-refractivity contribution is 7.98. The Kier molecular flexibility index (Phi) is 8.79. The number of carbonyl (C=O) groups excluding carboxylic acids is 3. The molecule has 0 aromatic heterocycles. The van der Waals surface area contributed by atoms with Crippen molar-refractivity contribution in [1.29, 1.82) is 0 Å². The molecule has 0 fully saturated rings. The van der Waals surface area contributed by atoms with Crippen molar-refractivity contribution in [3.8, 4) is 0 Å². The van der Waals surface area contributed by atoms with Crippen LogP contribution in [-0.2, 0) is 14.3 Å². The van der Waals surface area contributed by atoms with Crippen LogP contribution < -0.4 is 16.1 Å². The van der Waals surface area contributed by atoms with E-state index in [1.165, 1.54) is 17.2 Å². The summed E-state index contributed by atoms with van der Waals surface area (Å²) in [4.78, 5) is 34.4. The molecule has 3 amide bonds. The molecule has 0 radical (unpaired) electrons. The van der Waals surface area contributed by atoms with Gasteiger partial charge in [-0.3, -0.25) is 14.8 Å². The number of hydrogen-bond acceptors (Lipinski definition) is 6. The van der Waals surface area contributed by atoms with E-state index in [1.807, 2.05) is 6.26 Å². The fourth-order valence-electron chi connectivity index (χ4n) is 1.29. The van der Waals surface area contributed by atoms with Crippen LogP contribution in [0.4, 0.5) is 4.79 Å². The Morgan fingerprint density at radius 2 is 1.90 bits per heavy atom. The van der Waals surface area contributed by atoms with E-state index in [0.29, 0.717) is 12.2 Å². The van der Waals surface area contributed by atoms with Crippen LogP contribution in [-0.4, -0.2) is 53.3 Å². The van der Waals surface area contributed by atoms with Crippen LogP contribution in [0.1, 0.15) is 27.2 Å². The number of hydrogen-bond donors (Lipinski definition) is 4. The summed E-state index contributed by atoms with van der Waals surface area (Å²) in [6, 6.07) is -0.851. The van der Waals surface area contributed by atoms with Gasteiger partial charge in [-0.2, -0.15) is 11.8 Å². The van der Waals surface area contributed by atoms with Gasteiger partial charge in [-0.1, -0.05) is 0 Å². The summed E-state index contributed by atoms with van der Waals surface area (Å²) >= 11 is 1.51. The van der Waals surface area contributed by atoms with Crippen molar-refractivity contribution in [3.63, 3.8) is 0 Å². The first kappa shape index (κ1) is 19.5. The number of thioether (sulfide) groups is 1. The average Bonchev–Trinajstić information content (AvgIpc) is 2.38. The Morgan fingerprint density at radius 3 is 2.38 bits per heavy atom. The molecule has 8 nitrogen and oxygen atoms in total. The number of alkyl carbamates (subject to hydrolysis) is 1.